The van der Waals surface area contributed by atoms with Crippen molar-refractivity contribution in [1.82, 2.24) is 20.3 Å². The minimum absolute atomic E-state index is 0.0646. The molecule has 2 aromatic rings. The number of halogens is 1. The number of nitrogens with zero attached hydrogens (tertiary/aromatic N) is 5. The lowest BCUT2D eigenvalue weighted by molar-refractivity contribution is -0.145. The third-order valence-electron chi connectivity index (χ3n) is 2.76. The van der Waals surface area contributed by atoms with Gasteiger partial charge in [-0.25, -0.2) is 4.79 Å². The van der Waals surface area contributed by atoms with Crippen LogP contribution in [0.2, 0.25) is 0 Å². The number of hydrogen-bond acceptors (Lipinski definition) is 9. The van der Waals surface area contributed by atoms with Crippen LogP contribution in [0.3, 0.4) is 0 Å². The lowest BCUT2D eigenvalue weighted by atomic mass is 10.2. The molecule has 0 atom stereocenters. The molecule has 2 rings (SSSR count). The van der Waals surface area contributed by atoms with Crippen LogP contribution in [0, 0.1) is 0 Å². The van der Waals surface area contributed by atoms with Crippen molar-refractivity contribution >= 4 is 34.1 Å². The van der Waals surface area contributed by atoms with Crippen LogP contribution in [0.5, 0.6) is 11.5 Å². The van der Waals surface area contributed by atoms with Gasteiger partial charge in [-0.1, -0.05) is 9.89 Å². The van der Waals surface area contributed by atoms with Crippen molar-refractivity contribution in [2.24, 2.45) is 5.10 Å². The highest BCUT2D eigenvalue weighted by Gasteiger charge is 2.14. The van der Waals surface area contributed by atoms with Crippen molar-refractivity contribution in [3.8, 4) is 11.5 Å². The number of anilines is 1. The largest absolute Gasteiger partial charge is 0.490 e. The Bertz CT molecular complexity index is 764. The van der Waals surface area contributed by atoms with Gasteiger partial charge in [-0.2, -0.15) is 5.10 Å². The van der Waals surface area contributed by atoms with Crippen molar-refractivity contribution in [3.05, 3.63) is 22.2 Å². The predicted molar refractivity (Wildman–Crippen MR) is 92.7 cm³/mol. The number of esters is 1. The third kappa shape index (κ3) is 5.14. The van der Waals surface area contributed by atoms with E-state index in [0.29, 0.717) is 28.1 Å². The molecule has 1 aromatic heterocycles. The highest BCUT2D eigenvalue weighted by Crippen LogP contribution is 2.36. The first-order valence-corrected chi connectivity index (χ1v) is 8.17. The van der Waals surface area contributed by atoms with Gasteiger partial charge >= 0.3 is 5.97 Å². The van der Waals surface area contributed by atoms with Crippen molar-refractivity contribution in [2.75, 3.05) is 25.6 Å². The van der Waals surface area contributed by atoms with E-state index in [2.05, 4.69) is 36.6 Å². The number of rotatable bonds is 8. The van der Waals surface area contributed by atoms with Gasteiger partial charge in [-0.15, -0.1) is 0 Å². The molecular formula is C14H17BrN6O4. The minimum Gasteiger partial charge on any atom is -0.490 e. The normalized spacial score (nSPS) is 10.8. The number of benzene rings is 1. The zero-order chi connectivity index (χ0) is 18.2. The van der Waals surface area contributed by atoms with Gasteiger partial charge in [0, 0.05) is 0 Å². The van der Waals surface area contributed by atoms with Crippen LogP contribution in [0.25, 0.3) is 0 Å². The molecule has 2 N–H and O–H groups in total. The molecule has 10 nitrogen and oxygen atoms in total. The number of ether oxygens (including phenoxy) is 3. The lowest BCUT2D eigenvalue weighted by Gasteiger charge is -2.14. The fourth-order valence-corrected chi connectivity index (χ4v) is 2.37. The van der Waals surface area contributed by atoms with Gasteiger partial charge in [0.05, 0.1) is 23.9 Å². The van der Waals surface area contributed by atoms with Gasteiger partial charge in [0.1, 0.15) is 0 Å². The number of carbonyl (C=O) groups excluding carboxylic acids is 1. The van der Waals surface area contributed by atoms with Gasteiger partial charge < -0.3 is 19.9 Å². The molecule has 0 amide bonds. The summed E-state index contributed by atoms with van der Waals surface area (Å²) in [6, 6.07) is 3.45. The molecule has 25 heavy (non-hydrogen) atoms. The maximum absolute atomic E-state index is 11.5. The van der Waals surface area contributed by atoms with Gasteiger partial charge in [0.25, 0.3) is 5.95 Å². The Labute approximate surface area is 152 Å². The Kier molecular flexibility index (Phi) is 6.69. The maximum Gasteiger partial charge on any atom is 0.344 e. The molecule has 0 spiro atoms. The molecule has 0 aliphatic rings. The summed E-state index contributed by atoms with van der Waals surface area (Å²) in [6.07, 6.45) is 1.51. The standard InChI is InChI=1S/C14H17BrN6O4/c1-3-23-11-6-9(7-17-21-14(16)18-19-20-21)5-10(15)13(11)25-8-12(22)24-4-2/h5-7H,3-4,8H2,1-2H3,(H2,16,18,20)/b17-7-. The molecule has 0 aliphatic heterocycles. The molecule has 0 saturated heterocycles. The molecular weight excluding hydrogens is 396 g/mol. The van der Waals surface area contributed by atoms with E-state index < -0.39 is 5.97 Å². The first kappa shape index (κ1) is 18.6. The van der Waals surface area contributed by atoms with Crippen LogP contribution in [0.4, 0.5) is 5.95 Å². The molecule has 0 bridgehead atoms. The Balaban J connectivity index is 2.22. The van der Waals surface area contributed by atoms with E-state index >= 15 is 0 Å². The molecule has 0 aliphatic carbocycles. The zero-order valence-electron chi connectivity index (χ0n) is 13.7. The minimum atomic E-state index is -0.461. The lowest BCUT2D eigenvalue weighted by Crippen LogP contribution is -2.15. The molecule has 0 unspecified atom stereocenters. The van der Waals surface area contributed by atoms with Crippen LogP contribution in [-0.2, 0) is 9.53 Å². The topological polar surface area (TPSA) is 127 Å². The van der Waals surface area contributed by atoms with Gasteiger partial charge in [-0.05, 0) is 57.9 Å². The maximum atomic E-state index is 11.5. The monoisotopic (exact) mass is 412 g/mol. The average molecular weight is 413 g/mol. The van der Waals surface area contributed by atoms with Gasteiger partial charge in [0.15, 0.2) is 18.1 Å². The number of nitrogens with two attached hydrogens (primary N) is 1. The van der Waals surface area contributed by atoms with E-state index in [0.717, 1.165) is 4.79 Å². The Morgan fingerprint density at radius 3 is 2.80 bits per heavy atom. The smallest absolute Gasteiger partial charge is 0.344 e. The molecule has 1 heterocycles. The highest BCUT2D eigenvalue weighted by molar-refractivity contribution is 9.10. The Hall–Kier alpha value is -2.69. The van der Waals surface area contributed by atoms with E-state index in [4.69, 9.17) is 19.9 Å². The SMILES string of the molecule is CCOC(=O)COc1c(Br)cc(/C=N\n2nnnc2N)cc1OCC. The van der Waals surface area contributed by atoms with Gasteiger partial charge in [0.2, 0.25) is 0 Å². The van der Waals surface area contributed by atoms with Crippen LogP contribution in [-0.4, -0.2) is 52.3 Å². The first-order valence-electron chi connectivity index (χ1n) is 7.38. The predicted octanol–water partition coefficient (Wildman–Crippen LogP) is 1.24. The zero-order valence-corrected chi connectivity index (χ0v) is 15.3. The summed E-state index contributed by atoms with van der Waals surface area (Å²) >= 11 is 3.40. The van der Waals surface area contributed by atoms with E-state index in [1.165, 1.54) is 6.21 Å². The number of hydrogen-bond donors (Lipinski definition) is 1. The number of tetrazole rings is 1. The third-order valence-corrected chi connectivity index (χ3v) is 3.35. The summed E-state index contributed by atoms with van der Waals surface area (Å²) in [6.45, 7) is 4.05. The summed E-state index contributed by atoms with van der Waals surface area (Å²) in [5, 5.41) is 14.6. The average Bonchev–Trinajstić information content (AvgIpc) is 2.98. The quantitative estimate of drug-likeness (QED) is 0.506. The molecule has 134 valence electrons. The van der Waals surface area contributed by atoms with Crippen LogP contribution in [0.15, 0.2) is 21.7 Å². The number of aromatic nitrogens is 4. The van der Waals surface area contributed by atoms with Crippen LogP contribution >= 0.6 is 15.9 Å². The summed E-state index contributed by atoms with van der Waals surface area (Å²) in [5.41, 5.74) is 6.23. The van der Waals surface area contributed by atoms with E-state index in [1.54, 1.807) is 19.1 Å². The van der Waals surface area contributed by atoms with Crippen molar-refractivity contribution in [1.29, 1.82) is 0 Å². The molecule has 0 radical (unpaired) electrons. The molecule has 0 fully saturated rings. The van der Waals surface area contributed by atoms with E-state index in [1.807, 2.05) is 6.92 Å². The van der Waals surface area contributed by atoms with E-state index in [-0.39, 0.29) is 19.2 Å². The Morgan fingerprint density at radius 2 is 2.16 bits per heavy atom. The summed E-state index contributed by atoms with van der Waals surface area (Å²) in [4.78, 5) is 12.6. The highest BCUT2D eigenvalue weighted by atomic mass is 79.9. The molecule has 1 aromatic carbocycles. The molecule has 0 saturated carbocycles. The fourth-order valence-electron chi connectivity index (χ4n) is 1.79. The summed E-state index contributed by atoms with van der Waals surface area (Å²) in [5.74, 6) is 0.452. The van der Waals surface area contributed by atoms with Crippen LogP contribution < -0.4 is 15.2 Å². The fraction of sp³-hybridized carbons (Fsp3) is 0.357. The number of nitrogen functional groups attached to an aromatic ring is 1. The first-order chi connectivity index (χ1) is 12.0. The summed E-state index contributed by atoms with van der Waals surface area (Å²) in [7, 11) is 0. The summed E-state index contributed by atoms with van der Waals surface area (Å²) < 4.78 is 16.5. The number of carbonyl (C=O) groups is 1. The molecule has 11 heteroatoms. The second kappa shape index (κ2) is 8.97. The van der Waals surface area contributed by atoms with Gasteiger partial charge in [-0.3, -0.25) is 0 Å². The second-order valence-electron chi connectivity index (χ2n) is 4.53. The second-order valence-corrected chi connectivity index (χ2v) is 5.38. The van der Waals surface area contributed by atoms with Crippen molar-refractivity contribution in [3.63, 3.8) is 0 Å². The van der Waals surface area contributed by atoms with E-state index in [9.17, 15) is 4.79 Å². The van der Waals surface area contributed by atoms with Crippen molar-refractivity contribution < 1.29 is 19.0 Å². The van der Waals surface area contributed by atoms with Crippen molar-refractivity contribution in [2.45, 2.75) is 13.8 Å². The Morgan fingerprint density at radius 1 is 1.36 bits per heavy atom. The van der Waals surface area contributed by atoms with Crippen LogP contribution in [0.1, 0.15) is 19.4 Å².